The van der Waals surface area contributed by atoms with E-state index in [-0.39, 0.29) is 5.75 Å². The van der Waals surface area contributed by atoms with Crippen LogP contribution in [0.3, 0.4) is 0 Å². The van der Waals surface area contributed by atoms with Gasteiger partial charge in [-0.3, -0.25) is 0 Å². The minimum absolute atomic E-state index is 0.00389. The highest BCUT2D eigenvalue weighted by Gasteiger charge is 2.16. The average molecular weight is 285 g/mol. The summed E-state index contributed by atoms with van der Waals surface area (Å²) >= 11 is 3.25. The van der Waals surface area contributed by atoms with Crippen LogP contribution in [-0.4, -0.2) is 17.4 Å². The Balaban J connectivity index is 2.60. The van der Waals surface area contributed by atoms with Crippen LogP contribution in [0.1, 0.15) is 0 Å². The quantitative estimate of drug-likeness (QED) is 0.885. The zero-order chi connectivity index (χ0) is 11.7. The van der Waals surface area contributed by atoms with Crippen molar-refractivity contribution < 1.29 is 14.4 Å². The molecule has 0 aliphatic heterocycles. The molecule has 0 amide bonds. The fraction of sp³-hybridized carbons (Fsp3) is 0.100. The van der Waals surface area contributed by atoms with Crippen LogP contribution in [0.15, 0.2) is 27.3 Å². The number of phenolic OH excluding ortho intramolecular Hbond substituents is 1. The standard InChI is InChI=1S/C10H9BrN2O3/c1-15-7-3-2-5(8(11)9(7)14)10-6(12)4-13-16-10/h2-4,14H,12H2,1H3. The van der Waals surface area contributed by atoms with Crippen LogP contribution in [-0.2, 0) is 0 Å². The second kappa shape index (κ2) is 4.05. The van der Waals surface area contributed by atoms with E-state index in [0.717, 1.165) is 0 Å². The lowest BCUT2D eigenvalue weighted by atomic mass is 10.1. The van der Waals surface area contributed by atoms with Crippen LogP contribution in [0.2, 0.25) is 0 Å². The predicted molar refractivity (Wildman–Crippen MR) is 62.3 cm³/mol. The number of aromatic hydroxyl groups is 1. The number of benzene rings is 1. The lowest BCUT2D eigenvalue weighted by Gasteiger charge is -2.08. The molecule has 5 nitrogen and oxygen atoms in total. The summed E-state index contributed by atoms with van der Waals surface area (Å²) in [5, 5.41) is 13.4. The number of ether oxygens (including phenoxy) is 1. The summed E-state index contributed by atoms with van der Waals surface area (Å²) in [5.41, 5.74) is 6.70. The monoisotopic (exact) mass is 284 g/mol. The molecule has 0 radical (unpaired) electrons. The normalized spacial score (nSPS) is 10.4. The Hall–Kier alpha value is -1.69. The highest BCUT2D eigenvalue weighted by atomic mass is 79.9. The van der Waals surface area contributed by atoms with Gasteiger partial charge in [0.25, 0.3) is 0 Å². The van der Waals surface area contributed by atoms with E-state index in [9.17, 15) is 5.11 Å². The molecule has 16 heavy (non-hydrogen) atoms. The van der Waals surface area contributed by atoms with Crippen molar-refractivity contribution in [2.45, 2.75) is 0 Å². The van der Waals surface area contributed by atoms with Crippen molar-refractivity contribution in [2.24, 2.45) is 0 Å². The van der Waals surface area contributed by atoms with Crippen LogP contribution in [0, 0.1) is 0 Å². The van der Waals surface area contributed by atoms with Crippen LogP contribution < -0.4 is 10.5 Å². The summed E-state index contributed by atoms with van der Waals surface area (Å²) in [7, 11) is 1.48. The van der Waals surface area contributed by atoms with Gasteiger partial charge in [0.1, 0.15) is 5.69 Å². The van der Waals surface area contributed by atoms with Crippen LogP contribution >= 0.6 is 15.9 Å². The van der Waals surface area contributed by atoms with E-state index in [4.69, 9.17) is 15.0 Å². The molecule has 3 N–H and O–H groups in total. The molecule has 6 heteroatoms. The third-order valence-electron chi connectivity index (χ3n) is 2.14. The first-order valence-electron chi connectivity index (χ1n) is 4.41. The molecule has 0 aliphatic rings. The molecule has 0 saturated carbocycles. The Morgan fingerprint density at radius 2 is 2.25 bits per heavy atom. The van der Waals surface area contributed by atoms with Crippen LogP contribution in [0.25, 0.3) is 11.3 Å². The Bertz CT molecular complexity index is 525. The maximum atomic E-state index is 9.79. The highest BCUT2D eigenvalue weighted by Crippen LogP contribution is 2.42. The molecule has 2 aromatic rings. The Labute approximate surface area is 99.9 Å². The first-order chi connectivity index (χ1) is 7.65. The summed E-state index contributed by atoms with van der Waals surface area (Å²) in [5.74, 6) is 0.773. The lowest BCUT2D eigenvalue weighted by molar-refractivity contribution is 0.371. The summed E-state index contributed by atoms with van der Waals surface area (Å²) in [6.45, 7) is 0. The molecule has 1 aromatic heterocycles. The van der Waals surface area contributed by atoms with Gasteiger partial charge in [-0.2, -0.15) is 0 Å². The summed E-state index contributed by atoms with van der Waals surface area (Å²) in [6.07, 6.45) is 1.41. The van der Waals surface area contributed by atoms with Crippen LogP contribution in [0.4, 0.5) is 5.69 Å². The molecular weight excluding hydrogens is 276 g/mol. The lowest BCUT2D eigenvalue weighted by Crippen LogP contribution is -1.89. The number of hydrogen-bond donors (Lipinski definition) is 2. The third kappa shape index (κ3) is 1.61. The average Bonchev–Trinajstić information content (AvgIpc) is 2.69. The second-order valence-electron chi connectivity index (χ2n) is 3.09. The predicted octanol–water partition coefficient (Wildman–Crippen LogP) is 2.40. The minimum Gasteiger partial charge on any atom is -0.503 e. The number of anilines is 1. The topological polar surface area (TPSA) is 81.5 Å². The SMILES string of the molecule is COc1ccc(-c2oncc2N)c(Br)c1O. The molecule has 0 atom stereocenters. The number of methoxy groups -OCH3 is 1. The fourth-order valence-corrected chi connectivity index (χ4v) is 1.85. The second-order valence-corrected chi connectivity index (χ2v) is 3.88. The number of phenols is 1. The van der Waals surface area contributed by atoms with E-state index >= 15 is 0 Å². The molecule has 2 rings (SSSR count). The van der Waals surface area contributed by atoms with Gasteiger partial charge in [0.2, 0.25) is 0 Å². The van der Waals surface area contributed by atoms with Gasteiger partial charge in [0, 0.05) is 5.56 Å². The Morgan fingerprint density at radius 3 is 2.81 bits per heavy atom. The van der Waals surface area contributed by atoms with Crippen molar-refractivity contribution in [3.63, 3.8) is 0 Å². The smallest absolute Gasteiger partial charge is 0.190 e. The van der Waals surface area contributed by atoms with E-state index in [0.29, 0.717) is 27.2 Å². The van der Waals surface area contributed by atoms with Crippen molar-refractivity contribution >= 4 is 21.6 Å². The van der Waals surface area contributed by atoms with Gasteiger partial charge in [-0.15, -0.1) is 0 Å². The first-order valence-corrected chi connectivity index (χ1v) is 5.20. The number of hydrogen-bond acceptors (Lipinski definition) is 5. The third-order valence-corrected chi connectivity index (χ3v) is 2.94. The minimum atomic E-state index is -0.00389. The van der Waals surface area contributed by atoms with E-state index in [1.165, 1.54) is 13.3 Å². The molecule has 1 aromatic carbocycles. The fourth-order valence-electron chi connectivity index (χ4n) is 1.34. The van der Waals surface area contributed by atoms with E-state index in [1.807, 2.05) is 0 Å². The molecule has 84 valence electrons. The van der Waals surface area contributed by atoms with Gasteiger partial charge < -0.3 is 20.1 Å². The summed E-state index contributed by atoms with van der Waals surface area (Å²) in [4.78, 5) is 0. The zero-order valence-electron chi connectivity index (χ0n) is 8.40. The molecule has 0 unspecified atom stereocenters. The van der Waals surface area contributed by atoms with Gasteiger partial charge in [-0.1, -0.05) is 5.16 Å². The molecule has 0 fully saturated rings. The largest absolute Gasteiger partial charge is 0.503 e. The van der Waals surface area contributed by atoms with Gasteiger partial charge in [0.05, 0.1) is 17.8 Å². The summed E-state index contributed by atoms with van der Waals surface area (Å²) < 4.78 is 10.4. The zero-order valence-corrected chi connectivity index (χ0v) is 9.98. The Morgan fingerprint density at radius 1 is 1.50 bits per heavy atom. The molecule has 0 aliphatic carbocycles. The molecule has 1 heterocycles. The maximum absolute atomic E-state index is 9.79. The molecule has 0 spiro atoms. The maximum Gasteiger partial charge on any atom is 0.190 e. The Kier molecular flexibility index (Phi) is 2.74. The van der Waals surface area contributed by atoms with Crippen molar-refractivity contribution in [1.29, 1.82) is 0 Å². The number of nitrogens with zero attached hydrogens (tertiary/aromatic N) is 1. The van der Waals surface area contributed by atoms with Gasteiger partial charge in [-0.25, -0.2) is 0 Å². The number of halogens is 1. The number of nitrogen functional groups attached to an aromatic ring is 1. The van der Waals surface area contributed by atoms with E-state index in [2.05, 4.69) is 21.1 Å². The van der Waals surface area contributed by atoms with E-state index in [1.54, 1.807) is 12.1 Å². The molecule has 0 saturated heterocycles. The van der Waals surface area contributed by atoms with Gasteiger partial charge >= 0.3 is 0 Å². The van der Waals surface area contributed by atoms with Crippen LogP contribution in [0.5, 0.6) is 11.5 Å². The van der Waals surface area contributed by atoms with Crippen molar-refractivity contribution in [2.75, 3.05) is 12.8 Å². The summed E-state index contributed by atoms with van der Waals surface area (Å²) in [6, 6.07) is 3.34. The number of aromatic nitrogens is 1. The molecular formula is C10H9BrN2O3. The van der Waals surface area contributed by atoms with E-state index < -0.39 is 0 Å². The molecule has 0 bridgehead atoms. The van der Waals surface area contributed by atoms with Crippen molar-refractivity contribution in [3.8, 4) is 22.8 Å². The van der Waals surface area contributed by atoms with Crippen molar-refractivity contribution in [3.05, 3.63) is 22.8 Å². The number of nitrogens with two attached hydrogens (primary N) is 1. The van der Waals surface area contributed by atoms with Crippen molar-refractivity contribution in [1.82, 2.24) is 5.16 Å². The highest BCUT2D eigenvalue weighted by molar-refractivity contribution is 9.10. The first kappa shape index (κ1) is 10.8. The number of rotatable bonds is 2. The van der Waals surface area contributed by atoms with Gasteiger partial charge in [0.15, 0.2) is 17.3 Å². The van der Waals surface area contributed by atoms with Gasteiger partial charge in [-0.05, 0) is 28.1 Å².